The molecule has 5 heteroatoms. The molecule has 0 aromatic heterocycles. The molecule has 1 aromatic carbocycles. The summed E-state index contributed by atoms with van der Waals surface area (Å²) < 4.78 is 24.2. The van der Waals surface area contributed by atoms with E-state index in [1.807, 2.05) is 0 Å². The number of hydrogen-bond acceptors (Lipinski definition) is 4. The van der Waals surface area contributed by atoms with Crippen molar-refractivity contribution in [1.82, 2.24) is 5.32 Å². The maximum Gasteiger partial charge on any atom is 0.163 e. The Balaban J connectivity index is 2.27. The van der Waals surface area contributed by atoms with Crippen molar-refractivity contribution in [3.8, 4) is 11.5 Å². The lowest BCUT2D eigenvalue weighted by molar-refractivity contribution is 0.110. The number of halogens is 1. The minimum Gasteiger partial charge on any atom is -0.493 e. The van der Waals surface area contributed by atoms with Crippen LogP contribution in [0, 0.1) is 5.82 Å². The normalized spacial score (nSPS) is 20.9. The van der Waals surface area contributed by atoms with Gasteiger partial charge in [-0.1, -0.05) is 6.42 Å². The number of methoxy groups -OCH3 is 2. The van der Waals surface area contributed by atoms with Crippen molar-refractivity contribution in [3.05, 3.63) is 23.5 Å². The van der Waals surface area contributed by atoms with Crippen LogP contribution in [-0.4, -0.2) is 31.9 Å². The molecule has 2 N–H and O–H groups in total. The summed E-state index contributed by atoms with van der Waals surface area (Å²) in [6.45, 7) is 0.858. The Bertz CT molecular complexity index is 433. The molecule has 4 nitrogen and oxygen atoms in total. The van der Waals surface area contributed by atoms with Gasteiger partial charge in [-0.05, 0) is 25.5 Å². The molecule has 2 unspecified atom stereocenters. The lowest BCUT2D eigenvalue weighted by Gasteiger charge is -2.28. The molecule has 0 radical (unpaired) electrons. The summed E-state index contributed by atoms with van der Waals surface area (Å²) in [5.41, 5.74) is 0.247. The summed E-state index contributed by atoms with van der Waals surface area (Å²) in [6.07, 6.45) is 2.11. The highest BCUT2D eigenvalue weighted by atomic mass is 19.1. The maximum atomic E-state index is 14.0. The van der Waals surface area contributed by atoms with E-state index in [0.29, 0.717) is 11.5 Å². The summed E-state index contributed by atoms with van der Waals surface area (Å²) in [5.74, 6) is 0.277. The first-order chi connectivity index (χ1) is 9.17. The minimum absolute atomic E-state index is 0.110. The molecule has 2 atom stereocenters. The second kappa shape index (κ2) is 6.21. The number of aliphatic hydroxyl groups is 1. The number of rotatable bonds is 4. The molecule has 1 aliphatic heterocycles. The third-order valence-corrected chi connectivity index (χ3v) is 3.55. The van der Waals surface area contributed by atoms with E-state index in [1.165, 1.54) is 26.4 Å². The van der Waals surface area contributed by atoms with Crippen LogP contribution in [0.25, 0.3) is 0 Å². The molecule has 1 aliphatic rings. The molecule has 1 aromatic rings. The second-order valence-electron chi connectivity index (χ2n) is 4.73. The zero-order chi connectivity index (χ0) is 13.8. The highest BCUT2D eigenvalue weighted by Crippen LogP contribution is 2.34. The molecule has 0 aliphatic carbocycles. The highest BCUT2D eigenvalue weighted by molar-refractivity contribution is 5.44. The van der Waals surface area contributed by atoms with Crippen LogP contribution in [0.15, 0.2) is 12.1 Å². The molecule has 0 saturated carbocycles. The summed E-state index contributed by atoms with van der Waals surface area (Å²) in [5, 5.41) is 13.5. The molecular formula is C14H20FNO3. The molecule has 1 saturated heterocycles. The fraction of sp³-hybridized carbons (Fsp3) is 0.571. The second-order valence-corrected chi connectivity index (χ2v) is 4.73. The van der Waals surface area contributed by atoms with E-state index in [9.17, 15) is 9.50 Å². The van der Waals surface area contributed by atoms with Gasteiger partial charge in [-0.2, -0.15) is 0 Å². The zero-order valence-electron chi connectivity index (χ0n) is 11.3. The smallest absolute Gasteiger partial charge is 0.163 e. The number of hydrogen-bond donors (Lipinski definition) is 2. The monoisotopic (exact) mass is 269 g/mol. The van der Waals surface area contributed by atoms with E-state index in [1.54, 1.807) is 0 Å². The van der Waals surface area contributed by atoms with E-state index in [-0.39, 0.29) is 11.6 Å². The van der Waals surface area contributed by atoms with Gasteiger partial charge in [-0.25, -0.2) is 4.39 Å². The Hall–Kier alpha value is -1.33. The van der Waals surface area contributed by atoms with Crippen molar-refractivity contribution >= 4 is 0 Å². The fourth-order valence-corrected chi connectivity index (χ4v) is 2.46. The van der Waals surface area contributed by atoms with Crippen molar-refractivity contribution in [2.24, 2.45) is 0 Å². The van der Waals surface area contributed by atoms with Gasteiger partial charge >= 0.3 is 0 Å². The van der Waals surface area contributed by atoms with Crippen molar-refractivity contribution in [2.75, 3.05) is 20.8 Å². The van der Waals surface area contributed by atoms with Gasteiger partial charge in [-0.15, -0.1) is 0 Å². The summed E-state index contributed by atoms with van der Waals surface area (Å²) >= 11 is 0. The topological polar surface area (TPSA) is 50.7 Å². The first-order valence-corrected chi connectivity index (χ1v) is 6.50. The quantitative estimate of drug-likeness (QED) is 0.878. The SMILES string of the molecule is COc1cc(F)c(C(O)C2CCCCN2)cc1OC. The third kappa shape index (κ3) is 2.98. The minimum atomic E-state index is -0.875. The summed E-state index contributed by atoms with van der Waals surface area (Å²) in [4.78, 5) is 0. The molecule has 2 rings (SSSR count). The van der Waals surface area contributed by atoms with Gasteiger partial charge in [0.05, 0.1) is 20.3 Å². The van der Waals surface area contributed by atoms with Crippen LogP contribution in [0.2, 0.25) is 0 Å². The van der Waals surface area contributed by atoms with Crippen LogP contribution in [0.1, 0.15) is 30.9 Å². The molecule has 19 heavy (non-hydrogen) atoms. The number of nitrogens with one attached hydrogen (secondary N) is 1. The lowest BCUT2D eigenvalue weighted by atomic mass is 9.94. The van der Waals surface area contributed by atoms with Crippen molar-refractivity contribution in [2.45, 2.75) is 31.4 Å². The number of benzene rings is 1. The largest absolute Gasteiger partial charge is 0.493 e. The first-order valence-electron chi connectivity index (χ1n) is 6.50. The standard InChI is InChI=1S/C14H20FNO3/c1-18-12-7-9(10(15)8-13(12)19-2)14(17)11-5-3-4-6-16-11/h7-8,11,14,16-17H,3-6H2,1-2H3. The van der Waals surface area contributed by atoms with Crippen LogP contribution in [0.4, 0.5) is 4.39 Å². The molecule has 0 amide bonds. The van der Waals surface area contributed by atoms with Crippen LogP contribution >= 0.6 is 0 Å². The third-order valence-electron chi connectivity index (χ3n) is 3.55. The van der Waals surface area contributed by atoms with Gasteiger partial charge in [0.25, 0.3) is 0 Å². The van der Waals surface area contributed by atoms with Crippen LogP contribution in [-0.2, 0) is 0 Å². The van der Waals surface area contributed by atoms with E-state index in [0.717, 1.165) is 25.8 Å². The van der Waals surface area contributed by atoms with Crippen molar-refractivity contribution in [3.63, 3.8) is 0 Å². The van der Waals surface area contributed by atoms with E-state index >= 15 is 0 Å². The number of aliphatic hydroxyl groups excluding tert-OH is 1. The van der Waals surface area contributed by atoms with Gasteiger partial charge in [0, 0.05) is 17.7 Å². The predicted molar refractivity (Wildman–Crippen MR) is 70.1 cm³/mol. The molecule has 1 heterocycles. The summed E-state index contributed by atoms with van der Waals surface area (Å²) in [6, 6.07) is 2.65. The Morgan fingerprint density at radius 3 is 2.53 bits per heavy atom. The average Bonchev–Trinajstić information content (AvgIpc) is 2.47. The van der Waals surface area contributed by atoms with Gasteiger partial charge in [0.2, 0.25) is 0 Å². The van der Waals surface area contributed by atoms with Gasteiger partial charge in [0.1, 0.15) is 5.82 Å². The maximum absolute atomic E-state index is 14.0. The Morgan fingerprint density at radius 1 is 1.26 bits per heavy atom. The van der Waals surface area contributed by atoms with Crippen LogP contribution in [0.3, 0.4) is 0 Å². The Kier molecular flexibility index (Phi) is 4.61. The Labute approximate surface area is 112 Å². The molecule has 1 fully saturated rings. The highest BCUT2D eigenvalue weighted by Gasteiger charge is 2.26. The van der Waals surface area contributed by atoms with E-state index < -0.39 is 11.9 Å². The fourth-order valence-electron chi connectivity index (χ4n) is 2.46. The number of piperidine rings is 1. The van der Waals surface area contributed by atoms with Gasteiger partial charge in [-0.3, -0.25) is 0 Å². The van der Waals surface area contributed by atoms with Gasteiger partial charge < -0.3 is 19.9 Å². The molecule has 106 valence electrons. The molecule has 0 spiro atoms. The first kappa shape index (κ1) is 14.1. The van der Waals surface area contributed by atoms with Crippen molar-refractivity contribution < 1.29 is 19.0 Å². The van der Waals surface area contributed by atoms with E-state index in [4.69, 9.17) is 9.47 Å². The van der Waals surface area contributed by atoms with E-state index in [2.05, 4.69) is 5.32 Å². The lowest BCUT2D eigenvalue weighted by Crippen LogP contribution is -2.39. The predicted octanol–water partition coefficient (Wildman–Crippen LogP) is 2.02. The van der Waals surface area contributed by atoms with Crippen LogP contribution in [0.5, 0.6) is 11.5 Å². The molecule has 0 bridgehead atoms. The summed E-state index contributed by atoms with van der Waals surface area (Å²) in [7, 11) is 2.95. The number of ether oxygens (including phenoxy) is 2. The zero-order valence-corrected chi connectivity index (χ0v) is 11.3. The van der Waals surface area contributed by atoms with Crippen molar-refractivity contribution in [1.29, 1.82) is 0 Å². The van der Waals surface area contributed by atoms with Gasteiger partial charge in [0.15, 0.2) is 11.5 Å². The average molecular weight is 269 g/mol. The Morgan fingerprint density at radius 2 is 1.95 bits per heavy atom. The van der Waals surface area contributed by atoms with Crippen LogP contribution < -0.4 is 14.8 Å². The molecular weight excluding hydrogens is 249 g/mol.